The molecule has 7 heteroatoms. The third kappa shape index (κ3) is 3.40. The number of alkyl halides is 3. The van der Waals surface area contributed by atoms with Crippen LogP contribution in [0.3, 0.4) is 0 Å². The number of carbonyl (C=O) groups is 2. The van der Waals surface area contributed by atoms with Gasteiger partial charge in [0.15, 0.2) is 11.6 Å². The molecule has 0 unspecified atom stereocenters. The summed E-state index contributed by atoms with van der Waals surface area (Å²) in [6.45, 7) is 0. The van der Waals surface area contributed by atoms with Crippen molar-refractivity contribution in [3.05, 3.63) is 99.9 Å². The highest BCUT2D eigenvalue weighted by molar-refractivity contribution is 7.29. The second-order valence-corrected chi connectivity index (χ2v) is 10.2. The van der Waals surface area contributed by atoms with Gasteiger partial charge in [-0.2, -0.15) is 13.2 Å². The molecule has 0 radical (unpaired) electrons. The van der Waals surface area contributed by atoms with Crippen molar-refractivity contribution in [3.8, 4) is 10.4 Å². The predicted octanol–water partition coefficient (Wildman–Crippen LogP) is 8.26. The van der Waals surface area contributed by atoms with Crippen LogP contribution in [0.2, 0.25) is 0 Å². The molecule has 0 saturated carbocycles. The van der Waals surface area contributed by atoms with E-state index in [1.54, 1.807) is 18.2 Å². The van der Waals surface area contributed by atoms with E-state index in [4.69, 9.17) is 0 Å². The molecule has 2 heterocycles. The van der Waals surface area contributed by atoms with Gasteiger partial charge in [-0.05, 0) is 58.8 Å². The lowest BCUT2D eigenvalue weighted by atomic mass is 10.0. The Bertz CT molecular complexity index is 1580. The van der Waals surface area contributed by atoms with Gasteiger partial charge < -0.3 is 0 Å². The molecule has 1 aliphatic rings. The van der Waals surface area contributed by atoms with Crippen LogP contribution in [0.15, 0.2) is 78.4 Å². The number of benzene rings is 3. The van der Waals surface area contributed by atoms with Crippen LogP contribution in [0.1, 0.15) is 31.2 Å². The average molecular weight is 491 g/mol. The fraction of sp³-hybridized carbons (Fsp3) is 0.0370. The smallest absolute Gasteiger partial charge is 0.288 e. The molecule has 5 aromatic rings. The van der Waals surface area contributed by atoms with E-state index in [1.807, 2.05) is 36.4 Å². The molecule has 0 spiro atoms. The standard InChI is InChI=1S/C27H13F3O2S2/c28-27(29,30)17-7-5-14(6-8-17)22-13-24-23(34-22)12-18(33-24)11-21-25(31)19-9-15-3-1-2-4-16(15)10-20(19)26(21)32/h1-13H. The fourth-order valence-corrected chi connectivity index (χ4v) is 6.53. The molecule has 6 rings (SSSR count). The molecule has 3 aromatic carbocycles. The van der Waals surface area contributed by atoms with Crippen molar-refractivity contribution in [1.82, 2.24) is 0 Å². The number of thiophene rings is 2. The zero-order chi connectivity index (χ0) is 23.6. The van der Waals surface area contributed by atoms with Crippen LogP contribution < -0.4 is 0 Å². The highest BCUT2D eigenvalue weighted by atomic mass is 32.1. The van der Waals surface area contributed by atoms with Gasteiger partial charge in [0.2, 0.25) is 0 Å². The van der Waals surface area contributed by atoms with Gasteiger partial charge in [-0.15, -0.1) is 22.7 Å². The summed E-state index contributed by atoms with van der Waals surface area (Å²) in [6, 6.07) is 20.1. The quantitative estimate of drug-likeness (QED) is 0.184. The third-order valence-corrected chi connectivity index (χ3v) is 8.16. The Hall–Kier alpha value is -3.55. The van der Waals surface area contributed by atoms with Crippen LogP contribution in [-0.2, 0) is 6.18 Å². The lowest BCUT2D eigenvalue weighted by molar-refractivity contribution is -0.137. The topological polar surface area (TPSA) is 34.1 Å². The zero-order valence-electron chi connectivity index (χ0n) is 17.3. The fourth-order valence-electron chi connectivity index (χ4n) is 4.17. The van der Waals surface area contributed by atoms with Gasteiger partial charge in [0.1, 0.15) is 0 Å². The molecule has 1 aliphatic carbocycles. The van der Waals surface area contributed by atoms with Crippen LogP contribution in [-0.4, -0.2) is 11.6 Å². The molecule has 166 valence electrons. The zero-order valence-corrected chi connectivity index (χ0v) is 18.9. The molecule has 0 atom stereocenters. The molecule has 0 aliphatic heterocycles. The van der Waals surface area contributed by atoms with Crippen molar-refractivity contribution < 1.29 is 22.8 Å². The Morgan fingerprint density at radius 2 is 1.29 bits per heavy atom. The molecule has 0 saturated heterocycles. The maximum absolute atomic E-state index is 13.0. The van der Waals surface area contributed by atoms with Crippen molar-refractivity contribution in [3.63, 3.8) is 0 Å². The molecule has 0 N–H and O–H groups in total. The summed E-state index contributed by atoms with van der Waals surface area (Å²) < 4.78 is 40.4. The minimum absolute atomic E-state index is 0.155. The van der Waals surface area contributed by atoms with Crippen molar-refractivity contribution in [2.45, 2.75) is 6.18 Å². The summed E-state index contributed by atoms with van der Waals surface area (Å²) in [5.41, 5.74) is 1.05. The van der Waals surface area contributed by atoms with Gasteiger partial charge in [-0.1, -0.05) is 36.4 Å². The Kier molecular flexibility index (Phi) is 4.62. The minimum Gasteiger partial charge on any atom is -0.288 e. The summed E-state index contributed by atoms with van der Waals surface area (Å²) in [6.07, 6.45) is -2.72. The van der Waals surface area contributed by atoms with E-state index < -0.39 is 11.7 Å². The predicted molar refractivity (Wildman–Crippen MR) is 131 cm³/mol. The summed E-state index contributed by atoms with van der Waals surface area (Å²) in [4.78, 5) is 27.6. The minimum atomic E-state index is -4.36. The number of fused-ring (bicyclic) bond motifs is 3. The second kappa shape index (κ2) is 7.48. The van der Waals surface area contributed by atoms with Crippen LogP contribution in [0.4, 0.5) is 13.2 Å². The van der Waals surface area contributed by atoms with E-state index in [0.29, 0.717) is 16.7 Å². The highest BCUT2D eigenvalue weighted by Crippen LogP contribution is 2.41. The second-order valence-electron chi connectivity index (χ2n) is 8.02. The number of hydrogen-bond acceptors (Lipinski definition) is 4. The molecule has 0 fully saturated rings. The molecule has 0 bridgehead atoms. The van der Waals surface area contributed by atoms with Crippen LogP contribution >= 0.6 is 22.7 Å². The third-order valence-electron chi connectivity index (χ3n) is 5.87. The average Bonchev–Trinajstić information content (AvgIpc) is 3.45. The van der Waals surface area contributed by atoms with E-state index in [0.717, 1.165) is 42.1 Å². The molecular weight excluding hydrogens is 477 g/mol. The van der Waals surface area contributed by atoms with E-state index >= 15 is 0 Å². The van der Waals surface area contributed by atoms with Crippen molar-refractivity contribution in [1.29, 1.82) is 0 Å². The largest absolute Gasteiger partial charge is 0.416 e. The highest BCUT2D eigenvalue weighted by Gasteiger charge is 2.33. The lowest BCUT2D eigenvalue weighted by Gasteiger charge is -2.06. The number of Topliss-reactive ketones (excluding diaryl/α,β-unsaturated/α-hetero) is 2. The van der Waals surface area contributed by atoms with Crippen LogP contribution in [0, 0.1) is 0 Å². The van der Waals surface area contributed by atoms with Gasteiger partial charge >= 0.3 is 6.18 Å². The maximum Gasteiger partial charge on any atom is 0.416 e. The molecule has 34 heavy (non-hydrogen) atoms. The van der Waals surface area contributed by atoms with Crippen molar-refractivity contribution in [2.75, 3.05) is 0 Å². The number of rotatable bonds is 2. The first-order valence-corrected chi connectivity index (χ1v) is 12.0. The SMILES string of the molecule is O=C1C(=Cc2cc3sc(-c4ccc(C(F)(F)F)cc4)cc3s2)C(=O)c2cc3ccccc3cc21. The molecule has 2 aromatic heterocycles. The van der Waals surface area contributed by atoms with Crippen LogP contribution in [0.25, 0.3) is 36.7 Å². The van der Waals surface area contributed by atoms with E-state index in [9.17, 15) is 22.8 Å². The van der Waals surface area contributed by atoms with E-state index in [-0.39, 0.29) is 17.1 Å². The lowest BCUT2D eigenvalue weighted by Crippen LogP contribution is -2.03. The Morgan fingerprint density at radius 1 is 0.706 bits per heavy atom. The number of allylic oxidation sites excluding steroid dienone is 1. The summed E-state index contributed by atoms with van der Waals surface area (Å²) >= 11 is 2.91. The Labute approximate surface area is 199 Å². The number of halogens is 3. The monoisotopic (exact) mass is 490 g/mol. The summed E-state index contributed by atoms with van der Waals surface area (Å²) in [5.74, 6) is -0.541. The van der Waals surface area contributed by atoms with Crippen molar-refractivity contribution >= 4 is 60.5 Å². The van der Waals surface area contributed by atoms with Crippen LogP contribution in [0.5, 0.6) is 0 Å². The Balaban J connectivity index is 1.32. The number of hydrogen-bond donors (Lipinski definition) is 0. The van der Waals surface area contributed by atoms with Gasteiger partial charge in [0.25, 0.3) is 0 Å². The molecule has 2 nitrogen and oxygen atoms in total. The number of ketones is 2. The normalized spacial score (nSPS) is 13.8. The van der Waals surface area contributed by atoms with Gasteiger partial charge in [-0.25, -0.2) is 0 Å². The first-order chi connectivity index (χ1) is 16.3. The molecule has 0 amide bonds. The summed E-state index contributed by atoms with van der Waals surface area (Å²) in [5, 5.41) is 1.83. The summed E-state index contributed by atoms with van der Waals surface area (Å²) in [7, 11) is 0. The first-order valence-electron chi connectivity index (χ1n) is 10.3. The first kappa shape index (κ1) is 21.0. The molecular formula is C27H13F3O2S2. The van der Waals surface area contributed by atoms with E-state index in [1.165, 1.54) is 34.8 Å². The van der Waals surface area contributed by atoms with Crippen molar-refractivity contribution in [2.24, 2.45) is 0 Å². The number of carbonyl (C=O) groups excluding carboxylic acids is 2. The van der Waals surface area contributed by atoms with Gasteiger partial charge in [0, 0.05) is 30.3 Å². The Morgan fingerprint density at radius 3 is 1.85 bits per heavy atom. The van der Waals surface area contributed by atoms with E-state index in [2.05, 4.69) is 0 Å². The maximum atomic E-state index is 13.0. The van der Waals surface area contributed by atoms with Gasteiger partial charge in [-0.3, -0.25) is 9.59 Å². The van der Waals surface area contributed by atoms with Gasteiger partial charge in [0.05, 0.1) is 11.1 Å².